The SMILES string of the molecule is COCCCOc1cc(C[C@@H](C[C@H](N)[C@@H](O)CN(C(=O)C2CC2)c2ccccc2)C(C)C)ccc1OC. The van der Waals surface area contributed by atoms with Crippen molar-refractivity contribution in [3.8, 4) is 11.5 Å². The number of methoxy groups -OCH3 is 2. The van der Waals surface area contributed by atoms with Gasteiger partial charge in [-0.15, -0.1) is 0 Å². The minimum Gasteiger partial charge on any atom is -0.493 e. The summed E-state index contributed by atoms with van der Waals surface area (Å²) in [5, 5.41) is 11.1. The van der Waals surface area contributed by atoms with E-state index in [9.17, 15) is 9.90 Å². The highest BCUT2D eigenvalue weighted by Gasteiger charge is 2.35. The summed E-state index contributed by atoms with van der Waals surface area (Å²) < 4.78 is 16.5. The first-order chi connectivity index (χ1) is 17.8. The third kappa shape index (κ3) is 8.73. The number of benzene rings is 2. The number of amides is 1. The van der Waals surface area contributed by atoms with E-state index in [0.717, 1.165) is 42.7 Å². The Kier molecular flexibility index (Phi) is 11.2. The van der Waals surface area contributed by atoms with Crippen LogP contribution in [0.15, 0.2) is 48.5 Å². The van der Waals surface area contributed by atoms with Crippen molar-refractivity contribution < 1.29 is 24.1 Å². The molecule has 0 aromatic heterocycles. The first-order valence-electron chi connectivity index (χ1n) is 13.4. The number of ether oxygens (including phenoxy) is 3. The lowest BCUT2D eigenvalue weighted by molar-refractivity contribution is -0.120. The van der Waals surface area contributed by atoms with Crippen LogP contribution in [0.4, 0.5) is 5.69 Å². The number of rotatable bonds is 16. The zero-order valence-electron chi connectivity index (χ0n) is 22.8. The second-order valence-electron chi connectivity index (χ2n) is 10.4. The molecule has 1 amide bonds. The number of nitrogens with two attached hydrogens (primary N) is 1. The second kappa shape index (κ2) is 14.4. The zero-order chi connectivity index (χ0) is 26.8. The van der Waals surface area contributed by atoms with E-state index in [1.807, 2.05) is 42.5 Å². The Hall–Kier alpha value is -2.61. The van der Waals surface area contributed by atoms with Gasteiger partial charge in [-0.1, -0.05) is 38.1 Å². The molecule has 2 aromatic carbocycles. The Morgan fingerprint density at radius 2 is 1.81 bits per heavy atom. The van der Waals surface area contributed by atoms with Gasteiger partial charge in [0, 0.05) is 37.8 Å². The predicted octanol–water partition coefficient (Wildman–Crippen LogP) is 4.45. The van der Waals surface area contributed by atoms with Gasteiger partial charge in [0.2, 0.25) is 5.91 Å². The van der Waals surface area contributed by atoms with Crippen LogP contribution in [0.1, 0.15) is 45.1 Å². The Labute approximate surface area is 221 Å². The van der Waals surface area contributed by atoms with Crippen molar-refractivity contribution in [2.24, 2.45) is 23.5 Å². The topological polar surface area (TPSA) is 94.3 Å². The van der Waals surface area contributed by atoms with Crippen LogP contribution in [0.2, 0.25) is 0 Å². The van der Waals surface area contributed by atoms with Crippen molar-refractivity contribution in [1.29, 1.82) is 0 Å². The van der Waals surface area contributed by atoms with Crippen LogP contribution in [0.3, 0.4) is 0 Å². The van der Waals surface area contributed by atoms with Crippen LogP contribution in [0.5, 0.6) is 11.5 Å². The summed E-state index contributed by atoms with van der Waals surface area (Å²) in [5.74, 6) is 2.19. The highest BCUT2D eigenvalue weighted by atomic mass is 16.5. The number of anilines is 1. The molecule has 0 heterocycles. The number of aliphatic hydroxyl groups is 1. The summed E-state index contributed by atoms with van der Waals surface area (Å²) in [6.45, 7) is 5.76. The molecular formula is C30H44N2O5. The van der Waals surface area contributed by atoms with Crippen molar-refractivity contribution in [3.05, 3.63) is 54.1 Å². The standard InChI is InChI=1S/C30H44N2O5/c1-21(2)24(17-22-11-14-28(36-4)29(18-22)37-16-8-15-35-3)19-26(31)27(33)20-32(30(34)23-12-13-23)25-9-6-5-7-10-25/h5-7,9-11,14,18,21,23-24,26-27,33H,8,12-13,15-17,19-20,31H2,1-4H3/t24-,26-,27-/m0/s1. The quantitative estimate of drug-likeness (QED) is 0.323. The molecule has 7 nitrogen and oxygen atoms in total. The normalized spacial score (nSPS) is 15.8. The van der Waals surface area contributed by atoms with Gasteiger partial charge in [0.25, 0.3) is 0 Å². The molecule has 0 radical (unpaired) electrons. The van der Waals surface area contributed by atoms with Crippen molar-refractivity contribution in [3.63, 3.8) is 0 Å². The number of carbonyl (C=O) groups is 1. The fourth-order valence-corrected chi connectivity index (χ4v) is 4.55. The molecule has 204 valence electrons. The van der Waals surface area contributed by atoms with Crippen LogP contribution in [-0.4, -0.2) is 57.1 Å². The lowest BCUT2D eigenvalue weighted by Gasteiger charge is -2.31. The van der Waals surface area contributed by atoms with E-state index in [0.29, 0.717) is 31.3 Å². The van der Waals surface area contributed by atoms with E-state index in [2.05, 4.69) is 19.9 Å². The number of hydrogen-bond donors (Lipinski definition) is 2. The summed E-state index contributed by atoms with van der Waals surface area (Å²) in [7, 11) is 3.32. The average molecular weight is 513 g/mol. The molecule has 3 rings (SSSR count). The molecule has 0 saturated heterocycles. The molecule has 0 unspecified atom stereocenters. The lowest BCUT2D eigenvalue weighted by atomic mass is 9.83. The molecule has 0 aliphatic heterocycles. The Balaban J connectivity index is 1.65. The smallest absolute Gasteiger partial charge is 0.230 e. The monoisotopic (exact) mass is 512 g/mol. The van der Waals surface area contributed by atoms with Crippen LogP contribution in [0.25, 0.3) is 0 Å². The van der Waals surface area contributed by atoms with Gasteiger partial charge < -0.3 is 30.0 Å². The molecule has 3 N–H and O–H groups in total. The molecule has 37 heavy (non-hydrogen) atoms. The maximum Gasteiger partial charge on any atom is 0.230 e. The number of hydrogen-bond acceptors (Lipinski definition) is 6. The maximum atomic E-state index is 13.0. The lowest BCUT2D eigenvalue weighted by Crippen LogP contribution is -2.47. The van der Waals surface area contributed by atoms with Crippen LogP contribution < -0.4 is 20.1 Å². The summed E-state index contributed by atoms with van der Waals surface area (Å²) >= 11 is 0. The van der Waals surface area contributed by atoms with E-state index >= 15 is 0 Å². The van der Waals surface area contributed by atoms with Crippen LogP contribution in [0, 0.1) is 17.8 Å². The first-order valence-corrected chi connectivity index (χ1v) is 13.4. The minimum absolute atomic E-state index is 0.0630. The third-order valence-corrected chi connectivity index (χ3v) is 7.12. The number of para-hydroxylation sites is 1. The van der Waals surface area contributed by atoms with Crippen LogP contribution in [-0.2, 0) is 16.0 Å². The summed E-state index contributed by atoms with van der Waals surface area (Å²) in [6.07, 6.45) is 3.27. The number of carbonyl (C=O) groups excluding carboxylic acids is 1. The van der Waals surface area contributed by atoms with Crippen molar-refractivity contribution in [2.45, 2.75) is 58.1 Å². The summed E-state index contributed by atoms with van der Waals surface area (Å²) in [5.41, 5.74) is 8.50. The van der Waals surface area contributed by atoms with Crippen molar-refractivity contribution >= 4 is 11.6 Å². The maximum absolute atomic E-state index is 13.0. The Morgan fingerprint density at radius 3 is 2.43 bits per heavy atom. The molecule has 1 saturated carbocycles. The fraction of sp³-hybridized carbons (Fsp3) is 0.567. The minimum atomic E-state index is -0.820. The van der Waals surface area contributed by atoms with Gasteiger partial charge in [0.1, 0.15) is 0 Å². The molecular weight excluding hydrogens is 468 g/mol. The van der Waals surface area contributed by atoms with E-state index in [1.165, 1.54) is 0 Å². The number of nitrogens with zero attached hydrogens (tertiary/aromatic N) is 1. The highest BCUT2D eigenvalue weighted by Crippen LogP contribution is 2.34. The molecule has 7 heteroatoms. The number of aliphatic hydroxyl groups excluding tert-OH is 1. The van der Waals surface area contributed by atoms with E-state index in [1.54, 1.807) is 19.1 Å². The summed E-state index contributed by atoms with van der Waals surface area (Å²) in [4.78, 5) is 14.7. The Bertz CT molecular complexity index is 964. The van der Waals surface area contributed by atoms with Gasteiger partial charge in [-0.3, -0.25) is 4.79 Å². The predicted molar refractivity (Wildman–Crippen MR) is 147 cm³/mol. The highest BCUT2D eigenvalue weighted by molar-refractivity contribution is 5.96. The van der Waals surface area contributed by atoms with Gasteiger partial charge >= 0.3 is 0 Å². The largest absolute Gasteiger partial charge is 0.493 e. The fourth-order valence-electron chi connectivity index (χ4n) is 4.55. The van der Waals surface area contributed by atoms with Gasteiger partial charge in [0.05, 0.1) is 26.4 Å². The Morgan fingerprint density at radius 1 is 1.08 bits per heavy atom. The van der Waals surface area contributed by atoms with Crippen molar-refractivity contribution in [1.82, 2.24) is 0 Å². The van der Waals surface area contributed by atoms with E-state index in [-0.39, 0.29) is 24.3 Å². The second-order valence-corrected chi connectivity index (χ2v) is 10.4. The molecule has 0 spiro atoms. The molecule has 3 atom stereocenters. The molecule has 2 aromatic rings. The molecule has 1 aliphatic carbocycles. The van der Waals surface area contributed by atoms with Gasteiger partial charge in [0.15, 0.2) is 11.5 Å². The molecule has 0 bridgehead atoms. The van der Waals surface area contributed by atoms with Gasteiger partial charge in [-0.05, 0) is 67.3 Å². The molecule has 1 fully saturated rings. The third-order valence-electron chi connectivity index (χ3n) is 7.12. The molecule has 1 aliphatic rings. The van der Waals surface area contributed by atoms with E-state index in [4.69, 9.17) is 19.9 Å². The average Bonchev–Trinajstić information content (AvgIpc) is 3.75. The van der Waals surface area contributed by atoms with Crippen LogP contribution >= 0.6 is 0 Å². The first kappa shape index (κ1) is 29.0. The van der Waals surface area contributed by atoms with E-state index < -0.39 is 12.1 Å². The van der Waals surface area contributed by atoms with Gasteiger partial charge in [-0.2, -0.15) is 0 Å². The summed E-state index contributed by atoms with van der Waals surface area (Å²) in [6, 6.07) is 15.2. The van der Waals surface area contributed by atoms with Crippen molar-refractivity contribution in [2.75, 3.05) is 38.9 Å². The van der Waals surface area contributed by atoms with Gasteiger partial charge in [-0.25, -0.2) is 0 Å². The zero-order valence-corrected chi connectivity index (χ0v) is 22.8.